The molecule has 0 saturated carbocycles. The number of nitrogens with zero attached hydrogens (tertiary/aromatic N) is 4. The number of thiazole rings is 1. The van der Waals surface area contributed by atoms with Crippen molar-refractivity contribution < 1.29 is 12.9 Å². The monoisotopic (exact) mass is 480 g/mol. The maximum atomic E-state index is 13.1. The predicted octanol–water partition coefficient (Wildman–Crippen LogP) is 5.05. The van der Waals surface area contributed by atoms with Gasteiger partial charge in [-0.25, -0.2) is 13.4 Å². The molecular formula is C24H24N4O3S2. The zero-order valence-electron chi connectivity index (χ0n) is 18.4. The van der Waals surface area contributed by atoms with Crippen molar-refractivity contribution >= 4 is 21.4 Å². The van der Waals surface area contributed by atoms with Crippen LogP contribution in [0.15, 0.2) is 63.3 Å². The van der Waals surface area contributed by atoms with Crippen molar-refractivity contribution in [3.63, 3.8) is 0 Å². The van der Waals surface area contributed by atoms with E-state index in [-0.39, 0.29) is 5.92 Å². The number of hydrogen-bond donors (Lipinski definition) is 0. The molecule has 2 aromatic carbocycles. The molecule has 0 spiro atoms. The largest absolute Gasteiger partial charge is 0.339 e. The lowest BCUT2D eigenvalue weighted by atomic mass is 10.00. The van der Waals surface area contributed by atoms with Crippen LogP contribution in [0, 0.1) is 13.8 Å². The van der Waals surface area contributed by atoms with Crippen LogP contribution in [0.1, 0.15) is 35.2 Å². The van der Waals surface area contributed by atoms with Crippen LogP contribution in [0.5, 0.6) is 0 Å². The minimum absolute atomic E-state index is 0.127. The van der Waals surface area contributed by atoms with Crippen molar-refractivity contribution in [2.24, 2.45) is 0 Å². The van der Waals surface area contributed by atoms with E-state index in [2.05, 4.69) is 15.1 Å². The Labute approximate surface area is 197 Å². The van der Waals surface area contributed by atoms with Crippen LogP contribution in [0.25, 0.3) is 22.6 Å². The van der Waals surface area contributed by atoms with Gasteiger partial charge in [0.25, 0.3) is 0 Å². The van der Waals surface area contributed by atoms with E-state index in [1.165, 1.54) is 4.31 Å². The summed E-state index contributed by atoms with van der Waals surface area (Å²) in [6.07, 6.45) is 1.55. The zero-order chi connectivity index (χ0) is 23.0. The lowest BCUT2D eigenvalue weighted by Gasteiger charge is -2.30. The van der Waals surface area contributed by atoms with Gasteiger partial charge in [-0.2, -0.15) is 9.29 Å². The third kappa shape index (κ3) is 4.48. The smallest absolute Gasteiger partial charge is 0.243 e. The first-order valence-corrected chi connectivity index (χ1v) is 13.2. The van der Waals surface area contributed by atoms with E-state index < -0.39 is 10.0 Å². The number of sulfonamides is 1. The van der Waals surface area contributed by atoms with Crippen LogP contribution in [-0.2, 0) is 10.0 Å². The molecule has 1 atom stereocenters. The number of hydrogen-bond acceptors (Lipinski definition) is 7. The van der Waals surface area contributed by atoms with Gasteiger partial charge in [-0.1, -0.05) is 47.1 Å². The minimum atomic E-state index is -3.56. The van der Waals surface area contributed by atoms with Gasteiger partial charge < -0.3 is 4.52 Å². The van der Waals surface area contributed by atoms with E-state index in [1.807, 2.05) is 55.6 Å². The molecule has 0 bridgehead atoms. The SMILES string of the molecule is Cc1ccc(S(=O)(=O)N2CCCC(c3nc(-c4ccc(-c5csc(C)n5)cc4)no3)C2)cc1. The van der Waals surface area contributed by atoms with Crippen molar-refractivity contribution in [1.29, 1.82) is 0 Å². The molecule has 1 unspecified atom stereocenters. The quantitative estimate of drug-likeness (QED) is 0.397. The second kappa shape index (κ2) is 8.81. The molecule has 1 aliphatic rings. The third-order valence-corrected chi connectivity index (χ3v) is 8.54. The first-order valence-electron chi connectivity index (χ1n) is 10.8. The molecule has 1 aliphatic heterocycles. The molecule has 5 rings (SSSR count). The molecule has 0 aliphatic carbocycles. The van der Waals surface area contributed by atoms with Gasteiger partial charge in [-0.3, -0.25) is 0 Å². The van der Waals surface area contributed by atoms with Gasteiger partial charge >= 0.3 is 0 Å². The van der Waals surface area contributed by atoms with E-state index in [0.717, 1.165) is 40.2 Å². The summed E-state index contributed by atoms with van der Waals surface area (Å²) in [6, 6.07) is 14.9. The summed E-state index contributed by atoms with van der Waals surface area (Å²) in [6.45, 7) is 4.75. The molecule has 2 aromatic heterocycles. The summed E-state index contributed by atoms with van der Waals surface area (Å²) in [5.41, 5.74) is 3.87. The van der Waals surface area contributed by atoms with Gasteiger partial charge in [0.05, 0.1) is 21.5 Å². The molecule has 0 N–H and O–H groups in total. The van der Waals surface area contributed by atoms with Crippen molar-refractivity contribution in [1.82, 2.24) is 19.4 Å². The fourth-order valence-electron chi connectivity index (χ4n) is 4.03. The highest BCUT2D eigenvalue weighted by molar-refractivity contribution is 7.89. The number of aromatic nitrogens is 3. The Morgan fingerprint density at radius 1 is 1.00 bits per heavy atom. The normalized spacial score (nSPS) is 17.3. The van der Waals surface area contributed by atoms with Gasteiger partial charge in [0.1, 0.15) is 0 Å². The number of benzene rings is 2. The average Bonchev–Trinajstić information content (AvgIpc) is 3.49. The first-order chi connectivity index (χ1) is 15.9. The molecule has 7 nitrogen and oxygen atoms in total. The fraction of sp³-hybridized carbons (Fsp3) is 0.292. The highest BCUT2D eigenvalue weighted by Crippen LogP contribution is 2.31. The maximum Gasteiger partial charge on any atom is 0.243 e. The van der Waals surface area contributed by atoms with E-state index in [1.54, 1.807) is 23.5 Å². The minimum Gasteiger partial charge on any atom is -0.339 e. The van der Waals surface area contributed by atoms with Crippen LogP contribution < -0.4 is 0 Å². The predicted molar refractivity (Wildman–Crippen MR) is 127 cm³/mol. The summed E-state index contributed by atoms with van der Waals surface area (Å²) < 4.78 is 33.3. The summed E-state index contributed by atoms with van der Waals surface area (Å²) in [5, 5.41) is 7.22. The molecule has 4 aromatic rings. The summed E-state index contributed by atoms with van der Waals surface area (Å²) in [4.78, 5) is 9.43. The van der Waals surface area contributed by atoms with Gasteiger partial charge in [0.2, 0.25) is 21.7 Å². The van der Waals surface area contributed by atoms with Gasteiger partial charge in [0.15, 0.2) is 0 Å². The van der Waals surface area contributed by atoms with Crippen LogP contribution in [0.2, 0.25) is 0 Å². The maximum absolute atomic E-state index is 13.1. The number of piperidine rings is 1. The Bertz CT molecular complexity index is 1360. The number of rotatable bonds is 5. The summed E-state index contributed by atoms with van der Waals surface area (Å²) in [5.74, 6) is 0.856. The Morgan fingerprint density at radius 2 is 1.73 bits per heavy atom. The Hall–Kier alpha value is -2.88. The first kappa shape index (κ1) is 21.9. The molecule has 170 valence electrons. The van der Waals surface area contributed by atoms with Crippen molar-refractivity contribution in [2.75, 3.05) is 13.1 Å². The molecule has 1 fully saturated rings. The van der Waals surface area contributed by atoms with Crippen molar-refractivity contribution in [3.05, 3.63) is 70.4 Å². The van der Waals surface area contributed by atoms with Crippen LogP contribution in [-0.4, -0.2) is 40.9 Å². The zero-order valence-corrected chi connectivity index (χ0v) is 20.1. The third-order valence-electron chi connectivity index (χ3n) is 5.89. The molecule has 1 saturated heterocycles. The summed E-state index contributed by atoms with van der Waals surface area (Å²) in [7, 11) is -3.56. The van der Waals surface area contributed by atoms with Gasteiger partial charge in [0, 0.05) is 29.6 Å². The van der Waals surface area contributed by atoms with E-state index >= 15 is 0 Å². The molecule has 0 radical (unpaired) electrons. The van der Waals surface area contributed by atoms with Crippen molar-refractivity contribution in [2.45, 2.75) is 37.5 Å². The molecule has 3 heterocycles. The van der Waals surface area contributed by atoms with Crippen molar-refractivity contribution in [3.8, 4) is 22.6 Å². The molecular weight excluding hydrogens is 456 g/mol. The number of aryl methyl sites for hydroxylation is 2. The van der Waals surface area contributed by atoms with E-state index in [0.29, 0.717) is 29.7 Å². The second-order valence-corrected chi connectivity index (χ2v) is 11.3. The molecule has 9 heteroatoms. The van der Waals surface area contributed by atoms with Crippen LogP contribution in [0.4, 0.5) is 0 Å². The highest BCUT2D eigenvalue weighted by atomic mass is 32.2. The van der Waals surface area contributed by atoms with Gasteiger partial charge in [-0.05, 0) is 38.8 Å². The highest BCUT2D eigenvalue weighted by Gasteiger charge is 2.33. The van der Waals surface area contributed by atoms with Gasteiger partial charge in [-0.15, -0.1) is 11.3 Å². The second-order valence-electron chi connectivity index (χ2n) is 8.30. The Balaban J connectivity index is 1.32. The topological polar surface area (TPSA) is 89.2 Å². The lowest BCUT2D eigenvalue weighted by Crippen LogP contribution is -2.39. The van der Waals surface area contributed by atoms with Crippen LogP contribution >= 0.6 is 11.3 Å². The average molecular weight is 481 g/mol. The lowest BCUT2D eigenvalue weighted by molar-refractivity contribution is 0.265. The Morgan fingerprint density at radius 3 is 2.42 bits per heavy atom. The van der Waals surface area contributed by atoms with E-state index in [4.69, 9.17) is 4.52 Å². The molecule has 33 heavy (non-hydrogen) atoms. The van der Waals surface area contributed by atoms with Crippen LogP contribution in [0.3, 0.4) is 0 Å². The summed E-state index contributed by atoms with van der Waals surface area (Å²) >= 11 is 1.62. The molecule has 0 amide bonds. The fourth-order valence-corrected chi connectivity index (χ4v) is 6.17. The van der Waals surface area contributed by atoms with E-state index in [9.17, 15) is 8.42 Å². The Kier molecular flexibility index (Phi) is 5.86. The standard InChI is InChI=1S/C24H24N4O3S2/c1-16-5-11-21(12-6-16)33(29,30)28-13-3-4-20(14-28)24-26-23(27-31-24)19-9-7-18(8-10-19)22-15-32-17(2)25-22/h5-12,15,20H,3-4,13-14H2,1-2H3.